The fourth-order valence-electron chi connectivity index (χ4n) is 5.33. The van der Waals surface area contributed by atoms with Gasteiger partial charge in [0.1, 0.15) is 18.3 Å². The Hall–Kier alpha value is -2.67. The molecule has 0 radical (unpaired) electrons. The van der Waals surface area contributed by atoms with Crippen molar-refractivity contribution in [3.63, 3.8) is 0 Å². The Bertz CT molecular complexity index is 945. The van der Waals surface area contributed by atoms with Crippen molar-refractivity contribution in [1.29, 1.82) is 0 Å². The van der Waals surface area contributed by atoms with Crippen LogP contribution in [0.15, 0.2) is 42.4 Å². The number of carbonyl (C=O) groups excluding carboxylic acids is 2. The van der Waals surface area contributed by atoms with Gasteiger partial charge in [0.25, 0.3) is 0 Å². The van der Waals surface area contributed by atoms with E-state index in [2.05, 4.69) is 31.8 Å². The molecule has 0 spiro atoms. The van der Waals surface area contributed by atoms with Gasteiger partial charge in [-0.25, -0.2) is 9.78 Å². The first-order valence-corrected chi connectivity index (χ1v) is 12.2. The van der Waals surface area contributed by atoms with Crippen molar-refractivity contribution in [3.8, 4) is 0 Å². The van der Waals surface area contributed by atoms with Crippen LogP contribution in [0, 0.1) is 23.7 Å². The average Bonchev–Trinajstić information content (AvgIpc) is 3.18. The molecule has 34 heavy (non-hydrogen) atoms. The van der Waals surface area contributed by atoms with Crippen molar-refractivity contribution in [3.05, 3.63) is 48.1 Å². The van der Waals surface area contributed by atoms with Crippen LogP contribution in [0.25, 0.3) is 6.08 Å². The summed E-state index contributed by atoms with van der Waals surface area (Å²) in [7, 11) is 1.87. The number of esters is 2. The lowest BCUT2D eigenvalue weighted by Gasteiger charge is -2.43. The number of aliphatic hydroxyl groups excluding tert-OH is 1. The van der Waals surface area contributed by atoms with Gasteiger partial charge in [-0.05, 0) is 55.9 Å². The molecule has 1 N–H and O–H groups in total. The van der Waals surface area contributed by atoms with Crippen molar-refractivity contribution >= 4 is 18.0 Å². The van der Waals surface area contributed by atoms with Crippen LogP contribution in [0.1, 0.15) is 59.1 Å². The van der Waals surface area contributed by atoms with E-state index in [9.17, 15) is 14.7 Å². The maximum absolute atomic E-state index is 12.6. The van der Waals surface area contributed by atoms with E-state index in [-0.39, 0.29) is 23.9 Å². The normalized spacial score (nSPS) is 30.0. The second-order valence-corrected chi connectivity index (χ2v) is 9.99. The topological polar surface area (TPSA) is 90.7 Å². The highest BCUT2D eigenvalue weighted by molar-refractivity contribution is 5.86. The number of imidazole rings is 1. The summed E-state index contributed by atoms with van der Waals surface area (Å²) in [6.07, 6.45) is 13.2. The number of ether oxygens (including phenoxy) is 2. The highest BCUT2D eigenvalue weighted by Crippen LogP contribution is 2.45. The molecular formula is C27H38N2O5. The van der Waals surface area contributed by atoms with Crippen LogP contribution >= 0.6 is 0 Å². The number of nitrogens with zero attached hydrogens (tertiary/aromatic N) is 2. The molecule has 2 aliphatic carbocycles. The zero-order chi connectivity index (χ0) is 24.8. The van der Waals surface area contributed by atoms with Gasteiger partial charge >= 0.3 is 11.9 Å². The Morgan fingerprint density at radius 2 is 2.00 bits per heavy atom. The minimum Gasteiger partial charge on any atom is -0.459 e. The van der Waals surface area contributed by atoms with E-state index < -0.39 is 18.2 Å². The zero-order valence-corrected chi connectivity index (χ0v) is 20.9. The molecule has 7 heteroatoms. The molecule has 7 nitrogen and oxygen atoms in total. The van der Waals surface area contributed by atoms with Gasteiger partial charge in [-0.1, -0.05) is 37.6 Å². The number of carbonyl (C=O) groups is 2. The van der Waals surface area contributed by atoms with Gasteiger partial charge in [0.05, 0.1) is 12.0 Å². The van der Waals surface area contributed by atoms with Crippen LogP contribution in [0.5, 0.6) is 0 Å². The minimum absolute atomic E-state index is 0.176. The predicted molar refractivity (Wildman–Crippen MR) is 130 cm³/mol. The highest BCUT2D eigenvalue weighted by atomic mass is 16.6. The van der Waals surface area contributed by atoms with Gasteiger partial charge in [-0.15, -0.1) is 0 Å². The van der Waals surface area contributed by atoms with Crippen LogP contribution in [0.3, 0.4) is 0 Å². The summed E-state index contributed by atoms with van der Waals surface area (Å²) in [5.41, 5.74) is 1.96. The van der Waals surface area contributed by atoms with E-state index in [1.165, 1.54) is 18.6 Å². The number of fused-ring (bicyclic) bond motifs is 1. The van der Waals surface area contributed by atoms with E-state index in [1.807, 2.05) is 23.9 Å². The van der Waals surface area contributed by atoms with Gasteiger partial charge in [0, 0.05) is 32.7 Å². The summed E-state index contributed by atoms with van der Waals surface area (Å²) < 4.78 is 13.2. The monoisotopic (exact) mass is 470 g/mol. The number of aromatic nitrogens is 2. The Balaban J connectivity index is 1.84. The van der Waals surface area contributed by atoms with E-state index in [1.54, 1.807) is 18.5 Å². The summed E-state index contributed by atoms with van der Waals surface area (Å²) in [6, 6.07) is 0. The van der Waals surface area contributed by atoms with Gasteiger partial charge < -0.3 is 19.1 Å². The Labute approximate surface area is 202 Å². The average molecular weight is 471 g/mol. The highest BCUT2D eigenvalue weighted by Gasteiger charge is 2.40. The fraction of sp³-hybridized carbons (Fsp3) is 0.593. The molecule has 2 aliphatic rings. The number of hydrogen-bond donors (Lipinski definition) is 1. The number of aliphatic hydroxyl groups is 1. The third kappa shape index (κ3) is 6.92. The molecule has 6 atom stereocenters. The lowest BCUT2D eigenvalue weighted by Crippen LogP contribution is -2.40. The van der Waals surface area contributed by atoms with Gasteiger partial charge in [0.2, 0.25) is 0 Å². The third-order valence-electron chi connectivity index (χ3n) is 7.07. The lowest BCUT2D eigenvalue weighted by atomic mass is 9.64. The van der Waals surface area contributed by atoms with Crippen LogP contribution in [0.4, 0.5) is 0 Å². The lowest BCUT2D eigenvalue weighted by molar-refractivity contribution is -0.153. The molecule has 186 valence electrons. The molecule has 0 saturated carbocycles. The second kappa shape index (κ2) is 11.6. The van der Waals surface area contributed by atoms with Gasteiger partial charge in [-0.2, -0.15) is 0 Å². The molecule has 0 aromatic carbocycles. The number of aryl methyl sites for hydroxylation is 1. The Kier molecular flexibility index (Phi) is 8.89. The molecule has 0 bridgehead atoms. The summed E-state index contributed by atoms with van der Waals surface area (Å²) in [6.45, 7) is 7.94. The standard InChI is InChI=1S/C27H38N2O5/c1-17(2)22-11-9-18(3)23-13-21(34-27(32)12-10-20-15-29(5)16-28-20)7-6-8-25(31)26(14-24(22)23)33-19(4)30/h6,8-10,12,15-17,21-26,31H,7,11,13-14H2,1-5H3. The molecule has 1 heterocycles. The second-order valence-electron chi connectivity index (χ2n) is 9.99. The van der Waals surface area contributed by atoms with Crippen molar-refractivity contribution in [2.24, 2.45) is 30.7 Å². The van der Waals surface area contributed by atoms with Crippen LogP contribution < -0.4 is 0 Å². The minimum atomic E-state index is -0.901. The number of allylic oxidation sites excluding steroid dienone is 2. The van der Waals surface area contributed by atoms with E-state index in [0.29, 0.717) is 36.8 Å². The summed E-state index contributed by atoms with van der Waals surface area (Å²) >= 11 is 0. The Morgan fingerprint density at radius 3 is 2.65 bits per heavy atom. The van der Waals surface area contributed by atoms with Crippen molar-refractivity contribution in [1.82, 2.24) is 9.55 Å². The van der Waals surface area contributed by atoms with Gasteiger partial charge in [-0.3, -0.25) is 4.79 Å². The maximum Gasteiger partial charge on any atom is 0.331 e. The summed E-state index contributed by atoms with van der Waals surface area (Å²) in [5, 5.41) is 10.8. The first kappa shape index (κ1) is 25.9. The van der Waals surface area contributed by atoms with Crippen LogP contribution in [0.2, 0.25) is 0 Å². The van der Waals surface area contributed by atoms with E-state index in [0.717, 1.165) is 6.42 Å². The quantitative estimate of drug-likeness (QED) is 0.393. The third-order valence-corrected chi connectivity index (χ3v) is 7.07. The van der Waals surface area contributed by atoms with Crippen molar-refractivity contribution < 1.29 is 24.2 Å². The number of rotatable bonds is 5. The molecule has 6 unspecified atom stereocenters. The largest absolute Gasteiger partial charge is 0.459 e. The first-order valence-electron chi connectivity index (χ1n) is 12.2. The van der Waals surface area contributed by atoms with Crippen molar-refractivity contribution in [2.45, 2.75) is 71.7 Å². The molecule has 3 rings (SSSR count). The predicted octanol–water partition coefficient (Wildman–Crippen LogP) is 4.23. The van der Waals surface area contributed by atoms with Gasteiger partial charge in [0.15, 0.2) is 0 Å². The molecule has 0 aliphatic heterocycles. The smallest absolute Gasteiger partial charge is 0.331 e. The molecule has 1 aromatic rings. The van der Waals surface area contributed by atoms with E-state index >= 15 is 0 Å². The number of hydrogen-bond acceptors (Lipinski definition) is 6. The molecule has 1 aromatic heterocycles. The first-order chi connectivity index (χ1) is 16.1. The molecule has 0 amide bonds. The SMILES string of the molecule is CC(=O)OC1CC2C(CC(OC(=O)C=Cc3cn(C)cn3)CC=CC1O)C(C)=CCC2C(C)C. The molecule has 0 saturated heterocycles. The Morgan fingerprint density at radius 1 is 1.24 bits per heavy atom. The summed E-state index contributed by atoms with van der Waals surface area (Å²) in [4.78, 5) is 28.6. The maximum atomic E-state index is 12.6. The fourth-order valence-corrected chi connectivity index (χ4v) is 5.33. The van der Waals surface area contributed by atoms with E-state index in [4.69, 9.17) is 9.47 Å². The van der Waals surface area contributed by atoms with Crippen LogP contribution in [-0.4, -0.2) is 44.9 Å². The molecular weight excluding hydrogens is 432 g/mol. The van der Waals surface area contributed by atoms with Crippen molar-refractivity contribution in [2.75, 3.05) is 0 Å². The zero-order valence-electron chi connectivity index (χ0n) is 20.9. The van der Waals surface area contributed by atoms with Crippen LogP contribution in [-0.2, 0) is 26.1 Å². The molecule has 0 fully saturated rings. The summed E-state index contributed by atoms with van der Waals surface area (Å²) in [5.74, 6) is 0.419.